The second-order valence-electron chi connectivity index (χ2n) is 14.1. The summed E-state index contributed by atoms with van der Waals surface area (Å²) in [6.07, 6.45) is -0.256. The number of rotatable bonds is 6. The van der Waals surface area contributed by atoms with Gasteiger partial charge in [0.2, 0.25) is 0 Å². The molecule has 0 saturated heterocycles. The lowest BCUT2D eigenvalue weighted by Gasteiger charge is -2.27. The minimum absolute atomic E-state index is 0.256. The molecule has 0 fully saturated rings. The van der Waals surface area contributed by atoms with E-state index in [1.165, 1.54) is 16.7 Å². The lowest BCUT2D eigenvalue weighted by molar-refractivity contribution is 0.263. The molecule has 1 aromatic heterocycles. The summed E-state index contributed by atoms with van der Waals surface area (Å²) in [7, 11) is 0. The summed E-state index contributed by atoms with van der Waals surface area (Å²) in [6.45, 7) is 0. The maximum atomic E-state index is 6.74. The number of benzene rings is 9. The van der Waals surface area contributed by atoms with Gasteiger partial charge in [-0.2, -0.15) is 0 Å². The molecule has 1 aliphatic rings. The molecule has 0 radical (unpaired) electrons. The first-order chi connectivity index (χ1) is 27.2. The molecule has 0 saturated carbocycles. The summed E-state index contributed by atoms with van der Waals surface area (Å²) in [6, 6.07) is 68.7. The molecule has 1 unspecified atom stereocenters. The Hall–Kier alpha value is -7.30. The first kappa shape index (κ1) is 31.2. The second kappa shape index (κ2) is 12.7. The van der Waals surface area contributed by atoms with Crippen LogP contribution in [0.15, 0.2) is 199 Å². The van der Waals surface area contributed by atoms with Gasteiger partial charge in [-0.1, -0.05) is 140 Å². The van der Waals surface area contributed by atoms with E-state index in [4.69, 9.17) is 9.15 Å². The lowest BCUT2D eigenvalue weighted by atomic mass is 9.94. The van der Waals surface area contributed by atoms with Gasteiger partial charge in [0.25, 0.3) is 0 Å². The maximum absolute atomic E-state index is 6.74. The number of anilines is 4. The molecule has 55 heavy (non-hydrogen) atoms. The first-order valence-corrected chi connectivity index (χ1v) is 18.7. The van der Waals surface area contributed by atoms with Crippen molar-refractivity contribution in [3.63, 3.8) is 0 Å². The van der Waals surface area contributed by atoms with Crippen LogP contribution in [0.4, 0.5) is 22.7 Å². The van der Waals surface area contributed by atoms with E-state index in [1.807, 2.05) is 18.2 Å². The molecule has 4 heteroatoms. The van der Waals surface area contributed by atoms with E-state index < -0.39 is 0 Å². The molecule has 0 amide bonds. The van der Waals surface area contributed by atoms with E-state index in [9.17, 15) is 0 Å². The number of ether oxygens (including phenoxy) is 1. The van der Waals surface area contributed by atoms with Gasteiger partial charge in [0, 0.05) is 44.9 Å². The van der Waals surface area contributed by atoms with Crippen LogP contribution < -0.4 is 15.0 Å². The van der Waals surface area contributed by atoms with E-state index in [2.05, 4.69) is 186 Å². The number of hydrogen-bond acceptors (Lipinski definition) is 4. The van der Waals surface area contributed by atoms with E-state index in [0.717, 1.165) is 83.1 Å². The van der Waals surface area contributed by atoms with E-state index in [0.29, 0.717) is 0 Å². The van der Waals surface area contributed by atoms with Crippen molar-refractivity contribution in [3.05, 3.63) is 200 Å². The highest BCUT2D eigenvalue weighted by atomic mass is 16.5. The molecule has 4 nitrogen and oxygen atoms in total. The van der Waals surface area contributed by atoms with Gasteiger partial charge in [-0.3, -0.25) is 0 Å². The van der Waals surface area contributed by atoms with Crippen LogP contribution in [-0.4, -0.2) is 0 Å². The number of fused-ring (bicyclic) bond motifs is 8. The number of furan rings is 1. The third-order valence-corrected chi connectivity index (χ3v) is 10.9. The van der Waals surface area contributed by atoms with Gasteiger partial charge >= 0.3 is 0 Å². The highest BCUT2D eigenvalue weighted by Gasteiger charge is 2.26. The third kappa shape index (κ3) is 5.30. The second-order valence-corrected chi connectivity index (χ2v) is 14.1. The van der Waals surface area contributed by atoms with Crippen molar-refractivity contribution in [3.8, 4) is 28.0 Å². The third-order valence-electron chi connectivity index (χ3n) is 10.9. The molecule has 260 valence electrons. The standard InChI is InChI=1S/C51H34N2O2/c1-3-12-33(13-4-1)41-18-7-8-19-42(41)37-16-11-17-38(30-37)53(40-27-28-44-43-20-9-10-21-47(43)54-48(44)32-40)39-26-24-34-22-23-35-25-29-46-50(49(35)45(34)31-39)55-51(52-46)36-14-5-2-6-15-36/h1-32,51-52H. The lowest BCUT2D eigenvalue weighted by Crippen LogP contribution is -2.10. The summed E-state index contributed by atoms with van der Waals surface area (Å²) in [5.74, 6) is 0.879. The van der Waals surface area contributed by atoms with E-state index in [-0.39, 0.29) is 6.23 Å². The molecule has 1 aliphatic heterocycles. The molecule has 9 aromatic carbocycles. The zero-order chi connectivity index (χ0) is 36.3. The predicted molar refractivity (Wildman–Crippen MR) is 228 cm³/mol. The predicted octanol–water partition coefficient (Wildman–Crippen LogP) is 14.2. The minimum atomic E-state index is -0.256. The van der Waals surface area contributed by atoms with Gasteiger partial charge in [-0.15, -0.1) is 0 Å². The molecular formula is C51H34N2O2. The Kier molecular flexibility index (Phi) is 7.20. The van der Waals surface area contributed by atoms with Crippen molar-refractivity contribution in [2.45, 2.75) is 6.23 Å². The summed E-state index contributed by atoms with van der Waals surface area (Å²) >= 11 is 0. The number of nitrogens with one attached hydrogen (secondary N) is 1. The summed E-state index contributed by atoms with van der Waals surface area (Å²) in [4.78, 5) is 2.34. The molecular weight excluding hydrogens is 673 g/mol. The van der Waals surface area contributed by atoms with Crippen LogP contribution in [0, 0.1) is 0 Å². The SMILES string of the molecule is c1ccc(-c2ccccc2-c2cccc(N(c3ccc4c(c3)oc3ccccc34)c3ccc4ccc5ccc6c(c5c4c3)OC(c3ccccc3)N6)c2)cc1. The Morgan fingerprint density at radius 2 is 1.07 bits per heavy atom. The average molecular weight is 707 g/mol. The smallest absolute Gasteiger partial charge is 0.196 e. The van der Waals surface area contributed by atoms with E-state index in [1.54, 1.807) is 0 Å². The summed E-state index contributed by atoms with van der Waals surface area (Å²) < 4.78 is 13.2. The Bertz CT molecular complexity index is 3060. The highest BCUT2D eigenvalue weighted by molar-refractivity contribution is 6.14. The number of hydrogen-bond donors (Lipinski definition) is 1. The van der Waals surface area contributed by atoms with Crippen molar-refractivity contribution >= 4 is 66.2 Å². The fourth-order valence-electron chi connectivity index (χ4n) is 8.26. The van der Waals surface area contributed by atoms with Crippen molar-refractivity contribution in [2.75, 3.05) is 10.2 Å². The maximum Gasteiger partial charge on any atom is 0.196 e. The minimum Gasteiger partial charge on any atom is -0.464 e. The molecule has 0 spiro atoms. The topological polar surface area (TPSA) is 37.6 Å². The molecule has 2 heterocycles. The van der Waals surface area contributed by atoms with Crippen molar-refractivity contribution in [1.29, 1.82) is 0 Å². The Morgan fingerprint density at radius 3 is 1.95 bits per heavy atom. The fraction of sp³-hybridized carbons (Fsp3) is 0.0196. The summed E-state index contributed by atoms with van der Waals surface area (Å²) in [5, 5.41) is 10.3. The van der Waals surface area contributed by atoms with Gasteiger partial charge in [-0.05, 0) is 86.9 Å². The Morgan fingerprint density at radius 1 is 0.436 bits per heavy atom. The van der Waals surface area contributed by atoms with Crippen LogP contribution in [0.5, 0.6) is 5.75 Å². The average Bonchev–Trinajstić information content (AvgIpc) is 3.86. The van der Waals surface area contributed by atoms with Crippen molar-refractivity contribution < 1.29 is 9.15 Å². The van der Waals surface area contributed by atoms with Gasteiger partial charge in [0.05, 0.1) is 5.69 Å². The van der Waals surface area contributed by atoms with E-state index >= 15 is 0 Å². The zero-order valence-corrected chi connectivity index (χ0v) is 29.8. The summed E-state index contributed by atoms with van der Waals surface area (Å²) in [5.41, 5.74) is 11.6. The van der Waals surface area contributed by atoms with Gasteiger partial charge in [0.15, 0.2) is 12.0 Å². The number of nitrogens with zero attached hydrogens (tertiary/aromatic N) is 1. The molecule has 11 rings (SSSR count). The quantitative estimate of drug-likeness (QED) is 0.175. The molecule has 1 atom stereocenters. The largest absolute Gasteiger partial charge is 0.464 e. The van der Waals surface area contributed by atoms with Crippen LogP contribution in [0.3, 0.4) is 0 Å². The van der Waals surface area contributed by atoms with Crippen LogP contribution in [0.1, 0.15) is 11.8 Å². The normalized spacial score (nSPS) is 13.6. The van der Waals surface area contributed by atoms with Crippen molar-refractivity contribution in [2.24, 2.45) is 0 Å². The molecule has 1 N–H and O–H groups in total. The van der Waals surface area contributed by atoms with Gasteiger partial charge in [0.1, 0.15) is 11.2 Å². The van der Waals surface area contributed by atoms with Crippen molar-refractivity contribution in [1.82, 2.24) is 0 Å². The molecule has 10 aromatic rings. The number of para-hydroxylation sites is 1. The Balaban J connectivity index is 1.11. The van der Waals surface area contributed by atoms with Gasteiger partial charge < -0.3 is 19.4 Å². The highest BCUT2D eigenvalue weighted by Crippen LogP contribution is 2.48. The Labute approximate surface area is 318 Å². The molecule has 0 aliphatic carbocycles. The van der Waals surface area contributed by atoms with Crippen LogP contribution in [-0.2, 0) is 0 Å². The van der Waals surface area contributed by atoms with Crippen LogP contribution in [0.2, 0.25) is 0 Å². The fourth-order valence-corrected chi connectivity index (χ4v) is 8.26. The zero-order valence-electron chi connectivity index (χ0n) is 29.8. The molecule has 0 bridgehead atoms. The first-order valence-electron chi connectivity index (χ1n) is 18.7. The monoisotopic (exact) mass is 706 g/mol. The van der Waals surface area contributed by atoms with Crippen LogP contribution in [0.25, 0.3) is 65.7 Å². The van der Waals surface area contributed by atoms with Gasteiger partial charge in [-0.25, -0.2) is 0 Å². The van der Waals surface area contributed by atoms with Crippen LogP contribution >= 0.6 is 0 Å².